The standard InChI is InChI=1S/C15H14N4S/c1-11-18-15(20-19-11)17-9-12-4-6-13(7-5-12)14-3-2-8-16-10-14/h2-8,10H,9H2,1H3,(H,17,18,19). The monoisotopic (exact) mass is 282 g/mol. The fraction of sp³-hybridized carbons (Fsp3) is 0.133. The lowest BCUT2D eigenvalue weighted by atomic mass is 10.1. The van der Waals surface area contributed by atoms with Crippen LogP contribution in [0.3, 0.4) is 0 Å². The molecule has 3 aromatic rings. The molecule has 0 aliphatic heterocycles. The van der Waals surface area contributed by atoms with Crippen LogP contribution in [-0.2, 0) is 6.54 Å². The Morgan fingerprint density at radius 3 is 2.60 bits per heavy atom. The van der Waals surface area contributed by atoms with Gasteiger partial charge in [-0.1, -0.05) is 30.3 Å². The number of rotatable bonds is 4. The molecule has 0 aliphatic carbocycles. The molecule has 1 N–H and O–H groups in total. The van der Waals surface area contributed by atoms with Crippen LogP contribution >= 0.6 is 11.5 Å². The normalized spacial score (nSPS) is 10.4. The molecule has 0 saturated heterocycles. The molecule has 0 radical (unpaired) electrons. The lowest BCUT2D eigenvalue weighted by molar-refractivity contribution is 1.10. The molecule has 0 aliphatic rings. The molecule has 3 rings (SSSR count). The minimum absolute atomic E-state index is 0.752. The first-order valence-corrected chi connectivity index (χ1v) is 7.12. The van der Waals surface area contributed by atoms with E-state index in [-0.39, 0.29) is 0 Å². The number of aromatic nitrogens is 3. The predicted molar refractivity (Wildman–Crippen MR) is 81.6 cm³/mol. The third kappa shape index (κ3) is 3.00. The van der Waals surface area contributed by atoms with Crippen molar-refractivity contribution in [3.63, 3.8) is 0 Å². The van der Waals surface area contributed by atoms with E-state index in [1.54, 1.807) is 6.20 Å². The molecule has 0 fully saturated rings. The van der Waals surface area contributed by atoms with Gasteiger partial charge in [0.05, 0.1) is 0 Å². The second-order valence-corrected chi connectivity index (χ2v) is 5.19. The minimum Gasteiger partial charge on any atom is -0.356 e. The van der Waals surface area contributed by atoms with E-state index in [1.807, 2.05) is 19.2 Å². The Kier molecular flexibility index (Phi) is 3.69. The number of nitrogens with one attached hydrogen (secondary N) is 1. The van der Waals surface area contributed by atoms with Crippen molar-refractivity contribution in [2.45, 2.75) is 13.5 Å². The molecule has 2 heterocycles. The van der Waals surface area contributed by atoms with Crippen molar-refractivity contribution < 1.29 is 0 Å². The average Bonchev–Trinajstić information content (AvgIpc) is 2.92. The molecule has 0 unspecified atom stereocenters. The van der Waals surface area contributed by atoms with Crippen LogP contribution in [0.2, 0.25) is 0 Å². The zero-order valence-electron chi connectivity index (χ0n) is 11.1. The van der Waals surface area contributed by atoms with Gasteiger partial charge in [0.2, 0.25) is 5.13 Å². The molecule has 0 bridgehead atoms. The Labute approximate surface area is 121 Å². The second kappa shape index (κ2) is 5.79. The molecular formula is C15H14N4S. The first-order chi connectivity index (χ1) is 9.81. The van der Waals surface area contributed by atoms with Crippen LogP contribution in [0.5, 0.6) is 0 Å². The van der Waals surface area contributed by atoms with Crippen LogP contribution in [0.25, 0.3) is 11.1 Å². The van der Waals surface area contributed by atoms with Crippen molar-refractivity contribution in [2.24, 2.45) is 0 Å². The summed E-state index contributed by atoms with van der Waals surface area (Å²) >= 11 is 1.39. The second-order valence-electron chi connectivity index (χ2n) is 4.44. The van der Waals surface area contributed by atoms with Crippen LogP contribution < -0.4 is 5.32 Å². The molecule has 1 aromatic carbocycles. The molecule has 0 amide bonds. The summed E-state index contributed by atoms with van der Waals surface area (Å²) in [5.41, 5.74) is 3.52. The summed E-state index contributed by atoms with van der Waals surface area (Å²) in [4.78, 5) is 8.41. The van der Waals surface area contributed by atoms with E-state index in [2.05, 4.69) is 50.0 Å². The van der Waals surface area contributed by atoms with Crippen molar-refractivity contribution in [1.82, 2.24) is 14.3 Å². The van der Waals surface area contributed by atoms with Gasteiger partial charge in [-0.15, -0.1) is 0 Å². The Bertz CT molecular complexity index is 677. The third-order valence-electron chi connectivity index (χ3n) is 2.92. The zero-order valence-corrected chi connectivity index (χ0v) is 11.9. The van der Waals surface area contributed by atoms with Crippen LogP contribution in [0.4, 0.5) is 5.13 Å². The predicted octanol–water partition coefficient (Wildman–Crippen LogP) is 3.52. The first kappa shape index (κ1) is 12.7. The van der Waals surface area contributed by atoms with Crippen LogP contribution in [-0.4, -0.2) is 14.3 Å². The molecule has 2 aromatic heterocycles. The van der Waals surface area contributed by atoms with Gasteiger partial charge in [-0.05, 0) is 29.7 Å². The van der Waals surface area contributed by atoms with Gasteiger partial charge >= 0.3 is 0 Å². The van der Waals surface area contributed by atoms with E-state index in [0.29, 0.717) is 0 Å². The maximum Gasteiger partial charge on any atom is 0.202 e. The highest BCUT2D eigenvalue weighted by molar-refractivity contribution is 7.09. The van der Waals surface area contributed by atoms with Gasteiger partial charge in [0.15, 0.2) is 0 Å². The molecule has 4 nitrogen and oxygen atoms in total. The summed E-state index contributed by atoms with van der Waals surface area (Å²) in [6, 6.07) is 12.5. The summed E-state index contributed by atoms with van der Waals surface area (Å²) in [5, 5.41) is 4.13. The van der Waals surface area contributed by atoms with Crippen LogP contribution in [0.15, 0.2) is 48.8 Å². The number of nitrogens with zero attached hydrogens (tertiary/aromatic N) is 3. The molecule has 20 heavy (non-hydrogen) atoms. The Hall–Kier alpha value is -2.27. The number of hydrogen-bond donors (Lipinski definition) is 1. The maximum atomic E-state index is 4.28. The topological polar surface area (TPSA) is 50.7 Å². The van der Waals surface area contributed by atoms with E-state index in [1.165, 1.54) is 22.7 Å². The van der Waals surface area contributed by atoms with Gasteiger partial charge in [0.1, 0.15) is 5.82 Å². The summed E-state index contributed by atoms with van der Waals surface area (Å²) in [6.45, 7) is 2.65. The smallest absolute Gasteiger partial charge is 0.202 e. The summed E-state index contributed by atoms with van der Waals surface area (Å²) in [7, 11) is 0. The highest BCUT2D eigenvalue weighted by atomic mass is 32.1. The fourth-order valence-corrected chi connectivity index (χ4v) is 2.46. The first-order valence-electron chi connectivity index (χ1n) is 6.35. The van der Waals surface area contributed by atoms with Gasteiger partial charge in [0.25, 0.3) is 0 Å². The number of benzene rings is 1. The highest BCUT2D eigenvalue weighted by Gasteiger charge is 2.01. The molecular weight excluding hydrogens is 268 g/mol. The van der Waals surface area contributed by atoms with Gasteiger partial charge in [-0.2, -0.15) is 4.37 Å². The van der Waals surface area contributed by atoms with Gasteiger partial charge in [-0.25, -0.2) is 4.98 Å². The Balaban J connectivity index is 1.67. The van der Waals surface area contributed by atoms with Gasteiger partial charge in [0, 0.05) is 30.5 Å². The van der Waals surface area contributed by atoms with Crippen LogP contribution in [0, 0.1) is 6.92 Å². The lowest BCUT2D eigenvalue weighted by Crippen LogP contribution is -1.98. The number of hydrogen-bond acceptors (Lipinski definition) is 5. The lowest BCUT2D eigenvalue weighted by Gasteiger charge is -2.05. The number of aryl methyl sites for hydroxylation is 1. The van der Waals surface area contributed by atoms with Gasteiger partial charge in [-0.3, -0.25) is 4.98 Å². The van der Waals surface area contributed by atoms with E-state index in [4.69, 9.17) is 0 Å². The largest absolute Gasteiger partial charge is 0.356 e. The molecule has 100 valence electrons. The maximum absolute atomic E-state index is 4.28. The Morgan fingerprint density at radius 1 is 1.10 bits per heavy atom. The minimum atomic E-state index is 0.752. The molecule has 5 heteroatoms. The van der Waals surface area contributed by atoms with Crippen molar-refractivity contribution in [3.8, 4) is 11.1 Å². The third-order valence-corrected chi connectivity index (χ3v) is 3.68. The number of anilines is 1. The van der Waals surface area contributed by atoms with Crippen LogP contribution in [0.1, 0.15) is 11.4 Å². The number of pyridine rings is 1. The summed E-state index contributed by atoms with van der Waals surface area (Å²) < 4.78 is 4.14. The SMILES string of the molecule is Cc1nsc(NCc2ccc(-c3cccnc3)cc2)n1. The molecule has 0 saturated carbocycles. The van der Waals surface area contributed by atoms with E-state index < -0.39 is 0 Å². The fourth-order valence-electron chi connectivity index (χ4n) is 1.90. The highest BCUT2D eigenvalue weighted by Crippen LogP contribution is 2.19. The van der Waals surface area contributed by atoms with E-state index in [9.17, 15) is 0 Å². The zero-order chi connectivity index (χ0) is 13.8. The molecule has 0 atom stereocenters. The molecule has 0 spiro atoms. The summed E-state index contributed by atoms with van der Waals surface area (Å²) in [6.07, 6.45) is 3.66. The quantitative estimate of drug-likeness (QED) is 0.795. The van der Waals surface area contributed by atoms with Crippen molar-refractivity contribution >= 4 is 16.7 Å². The average molecular weight is 282 g/mol. The van der Waals surface area contributed by atoms with E-state index in [0.717, 1.165) is 23.1 Å². The van der Waals surface area contributed by atoms with Gasteiger partial charge < -0.3 is 5.32 Å². The van der Waals surface area contributed by atoms with Crippen molar-refractivity contribution in [3.05, 3.63) is 60.2 Å². The Morgan fingerprint density at radius 2 is 1.95 bits per heavy atom. The van der Waals surface area contributed by atoms with Crippen molar-refractivity contribution in [2.75, 3.05) is 5.32 Å². The van der Waals surface area contributed by atoms with Crippen molar-refractivity contribution in [1.29, 1.82) is 0 Å². The summed E-state index contributed by atoms with van der Waals surface area (Å²) in [5.74, 6) is 0.810. The van der Waals surface area contributed by atoms with E-state index >= 15 is 0 Å².